The van der Waals surface area contributed by atoms with Crippen molar-refractivity contribution in [2.45, 2.75) is 50.1 Å². The summed E-state index contributed by atoms with van der Waals surface area (Å²) >= 11 is 0. The monoisotopic (exact) mass is 366 g/mol. The number of aliphatic hydroxyl groups excluding tert-OH is 1. The summed E-state index contributed by atoms with van der Waals surface area (Å²) in [6, 6.07) is 9.05. The van der Waals surface area contributed by atoms with Gasteiger partial charge in [-0.15, -0.1) is 0 Å². The summed E-state index contributed by atoms with van der Waals surface area (Å²) in [6.45, 7) is -0.266. The van der Waals surface area contributed by atoms with E-state index < -0.39 is 12.1 Å². The Kier molecular flexibility index (Phi) is 6.50. The zero-order chi connectivity index (χ0) is 19.2. The number of aliphatic hydroxyl groups is 1. The van der Waals surface area contributed by atoms with E-state index in [1.54, 1.807) is 0 Å². The topological polar surface area (TPSA) is 73.6 Å². The Hall–Kier alpha value is -2.34. The Bertz CT molecular complexity index is 750. The van der Waals surface area contributed by atoms with Crippen LogP contribution in [0.4, 0.5) is 0 Å². The molecule has 1 N–H and O–H groups in total. The lowest BCUT2D eigenvalue weighted by atomic mass is 9.75. The van der Waals surface area contributed by atoms with Crippen LogP contribution in [0.3, 0.4) is 0 Å². The van der Waals surface area contributed by atoms with E-state index >= 15 is 0 Å². The molecule has 0 unspecified atom stereocenters. The molecular formula is C22H26N2O3. The Morgan fingerprint density at radius 3 is 2.59 bits per heavy atom. The Balaban J connectivity index is 1.67. The van der Waals surface area contributed by atoms with E-state index in [0.717, 1.165) is 23.5 Å². The quantitative estimate of drug-likeness (QED) is 0.813. The summed E-state index contributed by atoms with van der Waals surface area (Å²) in [6.07, 6.45) is 6.22. The maximum atomic E-state index is 12.1. The predicted molar refractivity (Wildman–Crippen MR) is 102 cm³/mol. The third-order valence-corrected chi connectivity index (χ3v) is 5.68. The number of carbonyl (C=O) groups is 1. The molecular weight excluding hydrogens is 340 g/mol. The number of amides is 1. The van der Waals surface area contributed by atoms with Crippen LogP contribution in [-0.4, -0.2) is 48.3 Å². The number of hydrogen-bond donors (Lipinski definition) is 1. The molecule has 3 atom stereocenters. The van der Waals surface area contributed by atoms with Crippen molar-refractivity contribution in [3.05, 3.63) is 35.4 Å². The van der Waals surface area contributed by atoms with Crippen LogP contribution in [0, 0.1) is 29.1 Å². The number of likely N-dealkylation sites (tertiary alicyclic amines) is 1. The van der Waals surface area contributed by atoms with E-state index in [2.05, 4.69) is 17.9 Å². The fourth-order valence-corrected chi connectivity index (χ4v) is 4.25. The second-order valence-electron chi connectivity index (χ2n) is 7.36. The molecule has 1 heterocycles. The molecule has 1 saturated carbocycles. The van der Waals surface area contributed by atoms with Gasteiger partial charge in [-0.2, -0.15) is 5.26 Å². The first-order valence-electron chi connectivity index (χ1n) is 9.59. The maximum absolute atomic E-state index is 12.1. The molecule has 1 saturated heterocycles. The zero-order valence-corrected chi connectivity index (χ0v) is 15.7. The first-order valence-corrected chi connectivity index (χ1v) is 9.59. The third-order valence-electron chi connectivity index (χ3n) is 5.68. The van der Waals surface area contributed by atoms with Crippen molar-refractivity contribution in [1.82, 2.24) is 4.90 Å². The van der Waals surface area contributed by atoms with Gasteiger partial charge in [0.15, 0.2) is 0 Å². The SMILES string of the molecule is COCC(=O)N1[C@H](C#N)[C@H](c2ccc(C#CCC3CCCC3)cc2)[C@H]1CO. The molecule has 1 aromatic carbocycles. The minimum Gasteiger partial charge on any atom is -0.394 e. The third kappa shape index (κ3) is 4.16. The van der Waals surface area contributed by atoms with Gasteiger partial charge >= 0.3 is 0 Å². The highest BCUT2D eigenvalue weighted by atomic mass is 16.5. The number of benzene rings is 1. The summed E-state index contributed by atoms with van der Waals surface area (Å²) in [5, 5.41) is 19.2. The molecule has 3 rings (SSSR count). The van der Waals surface area contributed by atoms with Crippen molar-refractivity contribution in [2.75, 3.05) is 20.3 Å². The highest BCUT2D eigenvalue weighted by molar-refractivity contribution is 5.80. The fraction of sp³-hybridized carbons (Fsp3) is 0.545. The Morgan fingerprint density at radius 1 is 1.30 bits per heavy atom. The molecule has 1 aromatic rings. The molecule has 5 nitrogen and oxygen atoms in total. The number of methoxy groups -OCH3 is 1. The number of nitriles is 1. The van der Waals surface area contributed by atoms with E-state index in [-0.39, 0.29) is 25.0 Å². The van der Waals surface area contributed by atoms with E-state index in [1.807, 2.05) is 24.3 Å². The Morgan fingerprint density at radius 2 is 2.00 bits per heavy atom. The summed E-state index contributed by atoms with van der Waals surface area (Å²) < 4.78 is 4.88. The van der Waals surface area contributed by atoms with Crippen LogP contribution >= 0.6 is 0 Å². The minimum atomic E-state index is -0.580. The van der Waals surface area contributed by atoms with Crippen LogP contribution in [-0.2, 0) is 9.53 Å². The maximum Gasteiger partial charge on any atom is 0.249 e. The van der Waals surface area contributed by atoms with Crippen molar-refractivity contribution < 1.29 is 14.6 Å². The van der Waals surface area contributed by atoms with Gasteiger partial charge in [-0.25, -0.2) is 0 Å². The second kappa shape index (κ2) is 9.04. The van der Waals surface area contributed by atoms with E-state index in [0.29, 0.717) is 0 Å². The highest BCUT2D eigenvalue weighted by Crippen LogP contribution is 2.40. The van der Waals surface area contributed by atoms with Crippen molar-refractivity contribution in [3.8, 4) is 17.9 Å². The van der Waals surface area contributed by atoms with Crippen molar-refractivity contribution in [1.29, 1.82) is 5.26 Å². The van der Waals surface area contributed by atoms with Gasteiger partial charge in [0.05, 0.1) is 18.7 Å². The normalized spacial score (nSPS) is 24.6. The van der Waals surface area contributed by atoms with E-state index in [9.17, 15) is 15.2 Å². The van der Waals surface area contributed by atoms with Gasteiger partial charge in [-0.05, 0) is 36.5 Å². The molecule has 0 aromatic heterocycles. The molecule has 2 fully saturated rings. The van der Waals surface area contributed by atoms with Crippen LogP contribution < -0.4 is 0 Å². The van der Waals surface area contributed by atoms with Gasteiger partial charge in [0.1, 0.15) is 12.6 Å². The van der Waals surface area contributed by atoms with Gasteiger partial charge in [0.25, 0.3) is 0 Å². The standard InChI is InChI=1S/C22H26N2O3/c1-27-15-21(26)24-19(13-23)22(20(24)14-25)18-11-9-17(10-12-18)8-4-7-16-5-2-3-6-16/h9-12,16,19-20,22,25H,2-3,5-7,14-15H2,1H3/t19-,20-,22+/m1/s1. The number of hydrogen-bond acceptors (Lipinski definition) is 4. The van der Waals surface area contributed by atoms with Crippen LogP contribution in [0.5, 0.6) is 0 Å². The number of carbonyl (C=O) groups excluding carboxylic acids is 1. The van der Waals surface area contributed by atoms with E-state index in [1.165, 1.54) is 37.7 Å². The zero-order valence-electron chi connectivity index (χ0n) is 15.7. The summed E-state index contributed by atoms with van der Waals surface area (Å²) in [5.41, 5.74) is 1.90. The van der Waals surface area contributed by atoms with Gasteiger partial charge < -0.3 is 14.7 Å². The molecule has 5 heteroatoms. The molecule has 0 spiro atoms. The van der Waals surface area contributed by atoms with Crippen LogP contribution in [0.1, 0.15) is 49.1 Å². The number of nitrogens with zero attached hydrogens (tertiary/aromatic N) is 2. The van der Waals surface area contributed by atoms with Crippen LogP contribution in [0.2, 0.25) is 0 Å². The molecule has 1 aliphatic heterocycles. The van der Waals surface area contributed by atoms with Crippen molar-refractivity contribution >= 4 is 5.91 Å². The lowest BCUT2D eigenvalue weighted by molar-refractivity contribution is -0.150. The molecule has 1 aliphatic carbocycles. The average molecular weight is 366 g/mol. The lowest BCUT2D eigenvalue weighted by Gasteiger charge is -2.51. The van der Waals surface area contributed by atoms with Gasteiger partial charge in [-0.1, -0.05) is 36.8 Å². The highest BCUT2D eigenvalue weighted by Gasteiger charge is 2.51. The average Bonchev–Trinajstić information content (AvgIpc) is 3.16. The predicted octanol–water partition coefficient (Wildman–Crippen LogP) is 2.44. The molecule has 0 radical (unpaired) electrons. The van der Waals surface area contributed by atoms with Crippen molar-refractivity contribution in [3.63, 3.8) is 0 Å². The van der Waals surface area contributed by atoms with E-state index in [4.69, 9.17) is 4.74 Å². The van der Waals surface area contributed by atoms with Gasteiger partial charge in [0.2, 0.25) is 5.91 Å². The number of ether oxygens (including phenoxy) is 1. The number of rotatable bonds is 5. The first kappa shape index (κ1) is 19.4. The largest absolute Gasteiger partial charge is 0.394 e. The molecule has 27 heavy (non-hydrogen) atoms. The first-order chi connectivity index (χ1) is 13.2. The summed E-state index contributed by atoms with van der Waals surface area (Å²) in [7, 11) is 1.44. The van der Waals surface area contributed by atoms with Crippen LogP contribution in [0.25, 0.3) is 0 Å². The summed E-state index contributed by atoms with van der Waals surface area (Å²) in [5.74, 6) is 6.80. The minimum absolute atomic E-state index is 0.0864. The Labute approximate surface area is 160 Å². The molecule has 2 aliphatic rings. The molecule has 1 amide bonds. The second-order valence-corrected chi connectivity index (χ2v) is 7.36. The molecule has 0 bridgehead atoms. The van der Waals surface area contributed by atoms with Gasteiger partial charge in [-0.3, -0.25) is 4.79 Å². The molecule has 142 valence electrons. The summed E-state index contributed by atoms with van der Waals surface area (Å²) in [4.78, 5) is 13.6. The van der Waals surface area contributed by atoms with Crippen LogP contribution in [0.15, 0.2) is 24.3 Å². The smallest absolute Gasteiger partial charge is 0.249 e. The van der Waals surface area contributed by atoms with Gasteiger partial charge in [0, 0.05) is 25.0 Å². The lowest BCUT2D eigenvalue weighted by Crippen LogP contribution is -2.65. The fourth-order valence-electron chi connectivity index (χ4n) is 4.25. The van der Waals surface area contributed by atoms with Crippen molar-refractivity contribution in [2.24, 2.45) is 5.92 Å².